The molecule has 2 rings (SSSR count). The molecule has 0 heterocycles. The van der Waals surface area contributed by atoms with Gasteiger partial charge in [0.15, 0.2) is 0 Å². The summed E-state index contributed by atoms with van der Waals surface area (Å²) in [4.78, 5) is 0. The molecule has 0 nitrogen and oxygen atoms in total. The van der Waals surface area contributed by atoms with Crippen molar-refractivity contribution >= 4 is 11.6 Å². The summed E-state index contributed by atoms with van der Waals surface area (Å²) in [6.45, 7) is 3.72. The minimum atomic E-state index is 0.776. The van der Waals surface area contributed by atoms with Gasteiger partial charge in [0.05, 0.1) is 0 Å². The van der Waals surface area contributed by atoms with E-state index in [0.29, 0.717) is 0 Å². The molecule has 0 aliphatic carbocycles. The third-order valence-corrected chi connectivity index (χ3v) is 3.69. The highest BCUT2D eigenvalue weighted by Crippen LogP contribution is 2.22. The molecule has 108 valence electrons. The van der Waals surface area contributed by atoms with Gasteiger partial charge in [0, 0.05) is 5.02 Å². The van der Waals surface area contributed by atoms with Gasteiger partial charge in [0.1, 0.15) is 0 Å². The van der Waals surface area contributed by atoms with Gasteiger partial charge < -0.3 is 0 Å². The number of allylic oxidation sites excluding steroid dienone is 3. The zero-order chi connectivity index (χ0) is 14.9. The monoisotopic (exact) mass is 296 g/mol. The van der Waals surface area contributed by atoms with Gasteiger partial charge in [0.25, 0.3) is 0 Å². The molecule has 0 saturated heterocycles. The molecule has 0 bridgehead atoms. The van der Waals surface area contributed by atoms with Crippen LogP contribution in [0.25, 0.3) is 11.1 Å². The summed E-state index contributed by atoms with van der Waals surface area (Å²) in [5.41, 5.74) is 3.81. The third-order valence-electron chi connectivity index (χ3n) is 3.44. The number of unbranched alkanes of at least 4 members (excludes halogenated alkanes) is 1. The molecule has 0 amide bonds. The van der Waals surface area contributed by atoms with E-state index in [1.165, 1.54) is 16.7 Å². The number of benzene rings is 2. The average Bonchev–Trinajstić information content (AvgIpc) is 2.52. The Balaban J connectivity index is 1.88. The lowest BCUT2D eigenvalue weighted by Gasteiger charge is -2.04. The Labute approximate surface area is 132 Å². The van der Waals surface area contributed by atoms with E-state index in [4.69, 9.17) is 11.6 Å². The molecule has 0 unspecified atom stereocenters. The van der Waals surface area contributed by atoms with Crippen LogP contribution in [-0.2, 0) is 6.42 Å². The van der Waals surface area contributed by atoms with Crippen molar-refractivity contribution in [2.45, 2.75) is 25.7 Å². The number of aryl methyl sites for hydroxylation is 1. The van der Waals surface area contributed by atoms with Crippen LogP contribution < -0.4 is 0 Å². The van der Waals surface area contributed by atoms with E-state index in [-0.39, 0.29) is 0 Å². The molecule has 2 aromatic rings. The van der Waals surface area contributed by atoms with Crippen LogP contribution in [0.4, 0.5) is 0 Å². The smallest absolute Gasteiger partial charge is 0.0406 e. The van der Waals surface area contributed by atoms with Crippen LogP contribution in [0.2, 0.25) is 5.02 Å². The summed E-state index contributed by atoms with van der Waals surface area (Å²) >= 11 is 5.92. The molecule has 2 aromatic carbocycles. The summed E-state index contributed by atoms with van der Waals surface area (Å²) in [7, 11) is 0. The van der Waals surface area contributed by atoms with Crippen molar-refractivity contribution in [3.8, 4) is 11.1 Å². The second kappa shape index (κ2) is 8.49. The molecule has 0 fully saturated rings. The Hall–Kier alpha value is -1.79. The maximum Gasteiger partial charge on any atom is 0.0406 e. The Bertz CT molecular complexity index is 576. The summed E-state index contributed by atoms with van der Waals surface area (Å²) in [6, 6.07) is 16.8. The van der Waals surface area contributed by atoms with E-state index < -0.39 is 0 Å². The molecular weight excluding hydrogens is 276 g/mol. The van der Waals surface area contributed by atoms with Gasteiger partial charge in [-0.15, -0.1) is 6.58 Å². The standard InChI is InChI=1S/C20H21Cl/c1-2-3-4-5-6-7-8-17-9-11-18(12-10-17)19-13-15-20(21)16-14-19/h2,5-6,9-16H,1,3-4,7-8H2/b6-5+. The maximum atomic E-state index is 5.92. The van der Waals surface area contributed by atoms with E-state index >= 15 is 0 Å². The van der Waals surface area contributed by atoms with E-state index in [2.05, 4.69) is 55.1 Å². The normalized spacial score (nSPS) is 10.9. The minimum Gasteiger partial charge on any atom is -0.103 e. The highest BCUT2D eigenvalue weighted by molar-refractivity contribution is 6.30. The quantitative estimate of drug-likeness (QED) is 0.406. The fraction of sp³-hybridized carbons (Fsp3) is 0.200. The fourth-order valence-electron chi connectivity index (χ4n) is 2.21. The molecule has 0 aromatic heterocycles. The van der Waals surface area contributed by atoms with E-state index in [0.717, 1.165) is 30.7 Å². The van der Waals surface area contributed by atoms with Gasteiger partial charge in [0.2, 0.25) is 0 Å². The first-order valence-electron chi connectivity index (χ1n) is 7.40. The lowest BCUT2D eigenvalue weighted by molar-refractivity contribution is 0.977. The van der Waals surface area contributed by atoms with Gasteiger partial charge in [-0.25, -0.2) is 0 Å². The Morgan fingerprint density at radius 2 is 1.33 bits per heavy atom. The highest BCUT2D eigenvalue weighted by atomic mass is 35.5. The van der Waals surface area contributed by atoms with Crippen LogP contribution in [0.1, 0.15) is 24.8 Å². The second-order valence-electron chi connectivity index (χ2n) is 5.08. The van der Waals surface area contributed by atoms with Crippen LogP contribution in [0.15, 0.2) is 73.3 Å². The minimum absolute atomic E-state index is 0.776. The predicted octanol–water partition coefficient (Wildman–Crippen LogP) is 6.46. The first-order valence-corrected chi connectivity index (χ1v) is 7.78. The Kier molecular flexibility index (Phi) is 6.30. The van der Waals surface area contributed by atoms with Gasteiger partial charge >= 0.3 is 0 Å². The van der Waals surface area contributed by atoms with Gasteiger partial charge in [-0.05, 0) is 54.5 Å². The molecule has 0 spiro atoms. The van der Waals surface area contributed by atoms with Crippen LogP contribution in [0.5, 0.6) is 0 Å². The topological polar surface area (TPSA) is 0 Å². The number of halogens is 1. The van der Waals surface area contributed by atoms with Gasteiger partial charge in [-0.3, -0.25) is 0 Å². The van der Waals surface area contributed by atoms with Crippen LogP contribution in [0, 0.1) is 0 Å². The maximum absolute atomic E-state index is 5.92. The lowest BCUT2D eigenvalue weighted by atomic mass is 10.0. The number of hydrogen-bond donors (Lipinski definition) is 0. The highest BCUT2D eigenvalue weighted by Gasteiger charge is 1.98. The number of hydrogen-bond acceptors (Lipinski definition) is 0. The van der Waals surface area contributed by atoms with Crippen molar-refractivity contribution in [2.24, 2.45) is 0 Å². The average molecular weight is 297 g/mol. The first kappa shape index (κ1) is 15.6. The van der Waals surface area contributed by atoms with E-state index in [1.807, 2.05) is 18.2 Å². The molecule has 0 N–H and O–H groups in total. The molecule has 0 aliphatic heterocycles. The molecule has 0 aliphatic rings. The van der Waals surface area contributed by atoms with Gasteiger partial charge in [-0.1, -0.05) is 66.2 Å². The Morgan fingerprint density at radius 3 is 1.95 bits per heavy atom. The first-order chi connectivity index (χ1) is 10.3. The molecular formula is C20H21Cl. The van der Waals surface area contributed by atoms with Gasteiger partial charge in [-0.2, -0.15) is 0 Å². The summed E-state index contributed by atoms with van der Waals surface area (Å²) in [5, 5.41) is 0.776. The van der Waals surface area contributed by atoms with Crippen molar-refractivity contribution in [2.75, 3.05) is 0 Å². The van der Waals surface area contributed by atoms with E-state index in [1.54, 1.807) is 0 Å². The molecule has 1 heteroatoms. The Morgan fingerprint density at radius 1 is 0.762 bits per heavy atom. The van der Waals surface area contributed by atoms with Crippen LogP contribution in [0.3, 0.4) is 0 Å². The molecule has 21 heavy (non-hydrogen) atoms. The van der Waals surface area contributed by atoms with E-state index in [9.17, 15) is 0 Å². The summed E-state index contributed by atoms with van der Waals surface area (Å²) < 4.78 is 0. The van der Waals surface area contributed by atoms with Crippen molar-refractivity contribution in [3.63, 3.8) is 0 Å². The van der Waals surface area contributed by atoms with Crippen molar-refractivity contribution < 1.29 is 0 Å². The fourth-order valence-corrected chi connectivity index (χ4v) is 2.33. The lowest BCUT2D eigenvalue weighted by Crippen LogP contribution is -1.84. The van der Waals surface area contributed by atoms with Crippen LogP contribution in [-0.4, -0.2) is 0 Å². The third kappa shape index (κ3) is 5.24. The zero-order valence-electron chi connectivity index (χ0n) is 12.3. The number of rotatable bonds is 7. The summed E-state index contributed by atoms with van der Waals surface area (Å²) in [5.74, 6) is 0. The van der Waals surface area contributed by atoms with Crippen molar-refractivity contribution in [1.29, 1.82) is 0 Å². The second-order valence-corrected chi connectivity index (χ2v) is 5.52. The largest absolute Gasteiger partial charge is 0.103 e. The molecule has 0 radical (unpaired) electrons. The van der Waals surface area contributed by atoms with Crippen LogP contribution >= 0.6 is 11.6 Å². The SMILES string of the molecule is C=CCC/C=C/CCc1ccc(-c2ccc(Cl)cc2)cc1. The molecule has 0 saturated carbocycles. The zero-order valence-corrected chi connectivity index (χ0v) is 13.0. The predicted molar refractivity (Wildman–Crippen MR) is 93.8 cm³/mol. The van der Waals surface area contributed by atoms with Crippen molar-refractivity contribution in [1.82, 2.24) is 0 Å². The molecule has 0 atom stereocenters. The van der Waals surface area contributed by atoms with Crippen molar-refractivity contribution in [3.05, 3.63) is 83.9 Å². The summed E-state index contributed by atoms with van der Waals surface area (Å²) in [6.07, 6.45) is 10.8.